The first-order chi connectivity index (χ1) is 15.9. The Morgan fingerprint density at radius 2 is 1.64 bits per heavy atom. The lowest BCUT2D eigenvalue weighted by Crippen LogP contribution is -2.26. The van der Waals surface area contributed by atoms with E-state index in [1.54, 1.807) is 55.6 Å². The van der Waals surface area contributed by atoms with Gasteiger partial charge in [0, 0.05) is 24.4 Å². The number of carbonyl (C=O) groups is 1. The van der Waals surface area contributed by atoms with E-state index in [2.05, 4.69) is 10.5 Å². The van der Waals surface area contributed by atoms with E-state index >= 15 is 0 Å². The van der Waals surface area contributed by atoms with Crippen molar-refractivity contribution >= 4 is 27.3 Å². The van der Waals surface area contributed by atoms with Gasteiger partial charge in [-0.15, -0.1) is 0 Å². The Morgan fingerprint density at radius 1 is 0.970 bits per heavy atom. The summed E-state index contributed by atoms with van der Waals surface area (Å²) >= 11 is 0. The average molecular weight is 464 g/mol. The zero-order chi connectivity index (χ0) is 23.4. The molecule has 33 heavy (non-hydrogen) atoms. The maximum absolute atomic E-state index is 12.9. The summed E-state index contributed by atoms with van der Waals surface area (Å²) in [5.41, 5.74) is 1.82. The van der Waals surface area contributed by atoms with Gasteiger partial charge >= 0.3 is 0 Å². The maximum Gasteiger partial charge on any atom is 0.277 e. The molecule has 168 valence electrons. The van der Waals surface area contributed by atoms with E-state index in [1.807, 2.05) is 6.07 Å². The maximum atomic E-state index is 12.9. The molecule has 4 aromatic rings. The number of aromatic nitrogens is 1. The Morgan fingerprint density at radius 3 is 2.27 bits per heavy atom. The summed E-state index contributed by atoms with van der Waals surface area (Å²) in [6.07, 6.45) is 0. The first-order valence-electron chi connectivity index (χ1n) is 9.95. The van der Waals surface area contributed by atoms with Gasteiger partial charge in [-0.2, -0.15) is 0 Å². The van der Waals surface area contributed by atoms with Crippen LogP contribution in [0.25, 0.3) is 11.3 Å². The molecule has 0 saturated carbocycles. The third kappa shape index (κ3) is 4.73. The fraction of sp³-hybridized carbons (Fsp3) is 0.0833. The smallest absolute Gasteiger partial charge is 0.277 e. The van der Waals surface area contributed by atoms with Gasteiger partial charge in [0.1, 0.15) is 5.75 Å². The second-order valence-corrected chi connectivity index (χ2v) is 9.06. The van der Waals surface area contributed by atoms with Crippen LogP contribution in [0, 0.1) is 0 Å². The Labute approximate surface area is 191 Å². The van der Waals surface area contributed by atoms with Crippen molar-refractivity contribution < 1.29 is 22.5 Å². The molecule has 1 heterocycles. The molecule has 0 aliphatic rings. The number of sulfonamides is 1. The van der Waals surface area contributed by atoms with Crippen molar-refractivity contribution in [3.05, 3.63) is 90.6 Å². The van der Waals surface area contributed by atoms with Crippen LogP contribution < -0.4 is 14.4 Å². The van der Waals surface area contributed by atoms with Crippen molar-refractivity contribution in [2.45, 2.75) is 4.90 Å². The third-order valence-electron chi connectivity index (χ3n) is 5.01. The standard InChI is InChI=1S/C24H21N3O5S/c1-27(19-6-4-3-5-7-19)33(29,30)21-14-10-18(11-15-21)25-24(28)22-16-23(32-26-22)17-8-12-20(31-2)13-9-17/h3-16H,1-2H3,(H,25,28). The van der Waals surface area contributed by atoms with Crippen LogP contribution in [0.4, 0.5) is 11.4 Å². The minimum atomic E-state index is -3.74. The number of hydrogen-bond donors (Lipinski definition) is 1. The van der Waals surface area contributed by atoms with Gasteiger partial charge in [0.25, 0.3) is 15.9 Å². The number of nitrogens with zero attached hydrogens (tertiary/aromatic N) is 2. The molecule has 8 nitrogen and oxygen atoms in total. The molecule has 0 bridgehead atoms. The van der Waals surface area contributed by atoms with Crippen LogP contribution in [0.15, 0.2) is 94.3 Å². The number of anilines is 2. The Hall–Kier alpha value is -4.11. The van der Waals surface area contributed by atoms with Crippen LogP contribution in [-0.4, -0.2) is 33.6 Å². The molecule has 0 radical (unpaired) electrons. The number of nitrogens with one attached hydrogen (secondary N) is 1. The van der Waals surface area contributed by atoms with Crippen molar-refractivity contribution in [1.82, 2.24) is 5.16 Å². The zero-order valence-corrected chi connectivity index (χ0v) is 18.7. The van der Waals surface area contributed by atoms with Gasteiger partial charge in [0.15, 0.2) is 11.5 Å². The van der Waals surface area contributed by atoms with Crippen LogP contribution in [0.2, 0.25) is 0 Å². The summed E-state index contributed by atoms with van der Waals surface area (Å²) in [4.78, 5) is 12.7. The summed E-state index contributed by atoms with van der Waals surface area (Å²) in [6, 6.07) is 23.4. The topological polar surface area (TPSA) is 102 Å². The highest BCUT2D eigenvalue weighted by atomic mass is 32.2. The van der Waals surface area contributed by atoms with Gasteiger partial charge in [-0.3, -0.25) is 9.10 Å². The average Bonchev–Trinajstić information content (AvgIpc) is 3.35. The van der Waals surface area contributed by atoms with Gasteiger partial charge in [0.2, 0.25) is 0 Å². The molecule has 4 rings (SSSR count). The van der Waals surface area contributed by atoms with Crippen molar-refractivity contribution in [3.8, 4) is 17.1 Å². The molecule has 3 aromatic carbocycles. The van der Waals surface area contributed by atoms with E-state index in [0.29, 0.717) is 22.9 Å². The molecule has 1 N–H and O–H groups in total. The van der Waals surface area contributed by atoms with Crippen LogP contribution in [0.5, 0.6) is 5.75 Å². The van der Waals surface area contributed by atoms with Gasteiger partial charge in [-0.1, -0.05) is 23.4 Å². The van der Waals surface area contributed by atoms with E-state index in [-0.39, 0.29) is 10.6 Å². The van der Waals surface area contributed by atoms with E-state index in [1.165, 1.54) is 41.7 Å². The first-order valence-corrected chi connectivity index (χ1v) is 11.4. The van der Waals surface area contributed by atoms with Crippen LogP contribution >= 0.6 is 0 Å². The Balaban J connectivity index is 1.46. The van der Waals surface area contributed by atoms with Gasteiger partial charge in [-0.25, -0.2) is 8.42 Å². The number of methoxy groups -OCH3 is 1. The monoisotopic (exact) mass is 463 g/mol. The van der Waals surface area contributed by atoms with Crippen molar-refractivity contribution in [2.75, 3.05) is 23.8 Å². The van der Waals surface area contributed by atoms with Gasteiger partial charge in [-0.05, 0) is 60.7 Å². The van der Waals surface area contributed by atoms with Crippen molar-refractivity contribution in [1.29, 1.82) is 0 Å². The number of benzene rings is 3. The van der Waals surface area contributed by atoms with Crippen molar-refractivity contribution in [2.24, 2.45) is 0 Å². The summed E-state index contributed by atoms with van der Waals surface area (Å²) in [5.74, 6) is 0.667. The minimum Gasteiger partial charge on any atom is -0.497 e. The molecule has 0 saturated heterocycles. The predicted molar refractivity (Wildman–Crippen MR) is 125 cm³/mol. The van der Waals surface area contributed by atoms with Crippen LogP contribution in [-0.2, 0) is 10.0 Å². The number of rotatable bonds is 7. The molecule has 9 heteroatoms. The Bertz CT molecular complexity index is 1350. The summed E-state index contributed by atoms with van der Waals surface area (Å²) in [6.45, 7) is 0. The predicted octanol–water partition coefficient (Wildman–Crippen LogP) is 4.43. The molecule has 0 atom stereocenters. The molecular formula is C24H21N3O5S. The number of hydrogen-bond acceptors (Lipinski definition) is 6. The molecule has 0 aliphatic heterocycles. The summed E-state index contributed by atoms with van der Waals surface area (Å²) in [5, 5.41) is 6.51. The highest BCUT2D eigenvalue weighted by molar-refractivity contribution is 7.92. The van der Waals surface area contributed by atoms with E-state index < -0.39 is 15.9 Å². The highest BCUT2D eigenvalue weighted by Gasteiger charge is 2.21. The number of para-hydroxylation sites is 1. The highest BCUT2D eigenvalue weighted by Crippen LogP contribution is 2.25. The Kier molecular flexibility index (Phi) is 6.14. The number of ether oxygens (including phenoxy) is 1. The fourth-order valence-electron chi connectivity index (χ4n) is 3.11. The minimum absolute atomic E-state index is 0.0985. The van der Waals surface area contributed by atoms with Crippen molar-refractivity contribution in [3.63, 3.8) is 0 Å². The van der Waals surface area contributed by atoms with E-state index in [9.17, 15) is 13.2 Å². The summed E-state index contributed by atoms with van der Waals surface area (Å²) in [7, 11) is -0.667. The lowest BCUT2D eigenvalue weighted by Gasteiger charge is -2.19. The fourth-order valence-corrected chi connectivity index (χ4v) is 4.31. The lowest BCUT2D eigenvalue weighted by molar-refractivity contribution is 0.101. The molecule has 0 unspecified atom stereocenters. The quantitative estimate of drug-likeness (QED) is 0.435. The second-order valence-electron chi connectivity index (χ2n) is 7.09. The number of amides is 1. The third-order valence-corrected chi connectivity index (χ3v) is 6.81. The van der Waals surface area contributed by atoms with Crippen LogP contribution in [0.1, 0.15) is 10.5 Å². The lowest BCUT2D eigenvalue weighted by atomic mass is 10.1. The molecule has 1 aromatic heterocycles. The van der Waals surface area contributed by atoms with E-state index in [0.717, 1.165) is 5.56 Å². The summed E-state index contributed by atoms with van der Waals surface area (Å²) < 4.78 is 37.4. The van der Waals surface area contributed by atoms with Gasteiger partial charge < -0.3 is 14.6 Å². The largest absolute Gasteiger partial charge is 0.497 e. The normalized spacial score (nSPS) is 11.1. The van der Waals surface area contributed by atoms with Crippen LogP contribution in [0.3, 0.4) is 0 Å². The van der Waals surface area contributed by atoms with E-state index in [4.69, 9.17) is 9.26 Å². The first kappa shape index (κ1) is 22.1. The molecule has 0 fully saturated rings. The zero-order valence-electron chi connectivity index (χ0n) is 17.9. The molecular weight excluding hydrogens is 442 g/mol. The molecule has 1 amide bonds. The van der Waals surface area contributed by atoms with Gasteiger partial charge in [0.05, 0.1) is 17.7 Å². The molecule has 0 spiro atoms. The SMILES string of the molecule is COc1ccc(-c2cc(C(=O)Nc3ccc(S(=O)(=O)N(C)c4ccccc4)cc3)no2)cc1. The second kappa shape index (κ2) is 9.17. The number of carbonyl (C=O) groups excluding carboxylic acids is 1. The molecule has 0 aliphatic carbocycles.